The maximum Gasteiger partial charge on any atom is 0.243 e. The Hall–Kier alpha value is -2.71. The zero-order chi connectivity index (χ0) is 21.8. The van der Waals surface area contributed by atoms with Crippen LogP contribution in [0.4, 0.5) is 5.69 Å². The van der Waals surface area contributed by atoms with E-state index in [1.165, 1.54) is 15.4 Å². The summed E-state index contributed by atoms with van der Waals surface area (Å²) in [5.41, 5.74) is 3.41. The third-order valence-electron chi connectivity index (χ3n) is 5.92. The number of fused-ring (bicyclic) bond motifs is 1. The van der Waals surface area contributed by atoms with Crippen LogP contribution in [-0.2, 0) is 32.5 Å². The molecule has 4 rings (SSSR count). The number of nitrogens with zero attached hydrogens (tertiary/aromatic N) is 2. The van der Waals surface area contributed by atoms with Crippen molar-refractivity contribution in [3.05, 3.63) is 59.7 Å². The van der Waals surface area contributed by atoms with E-state index >= 15 is 0 Å². The SMILES string of the molecule is O=C(CCC(=O)N1CCN(S(=O)(=O)c2ccccc2)CC1)Nc1ccc2c(c1)CCC2. The standard InChI is InChI=1S/C23H27N3O4S/c27-22(24-20-10-9-18-5-4-6-19(18)17-20)11-12-23(28)25-13-15-26(16-14-25)31(29,30)21-7-2-1-3-8-21/h1-3,7-10,17H,4-6,11-16H2,(H,24,27). The Morgan fingerprint density at radius 3 is 2.32 bits per heavy atom. The molecule has 0 atom stereocenters. The van der Waals surface area contributed by atoms with E-state index < -0.39 is 10.0 Å². The molecule has 1 fully saturated rings. The number of carbonyl (C=O) groups is 2. The maximum atomic E-state index is 12.7. The quantitative estimate of drug-likeness (QED) is 0.746. The van der Waals surface area contributed by atoms with E-state index in [2.05, 4.69) is 11.4 Å². The van der Waals surface area contributed by atoms with Gasteiger partial charge in [-0.2, -0.15) is 4.31 Å². The second kappa shape index (κ2) is 9.20. The number of amides is 2. The van der Waals surface area contributed by atoms with Gasteiger partial charge in [0.25, 0.3) is 0 Å². The van der Waals surface area contributed by atoms with Crippen LogP contribution < -0.4 is 5.32 Å². The first-order valence-electron chi connectivity index (χ1n) is 10.7. The van der Waals surface area contributed by atoms with E-state index in [9.17, 15) is 18.0 Å². The van der Waals surface area contributed by atoms with Gasteiger partial charge in [-0.05, 0) is 54.7 Å². The van der Waals surface area contributed by atoms with Gasteiger partial charge in [0.2, 0.25) is 21.8 Å². The Morgan fingerprint density at radius 1 is 0.871 bits per heavy atom. The number of rotatable bonds is 6. The fraction of sp³-hybridized carbons (Fsp3) is 0.391. The van der Waals surface area contributed by atoms with Gasteiger partial charge in [-0.25, -0.2) is 8.42 Å². The van der Waals surface area contributed by atoms with Crippen molar-refractivity contribution in [3.8, 4) is 0 Å². The third-order valence-corrected chi connectivity index (χ3v) is 7.83. The summed E-state index contributed by atoms with van der Waals surface area (Å²) < 4.78 is 26.8. The van der Waals surface area contributed by atoms with Gasteiger partial charge in [-0.3, -0.25) is 9.59 Å². The van der Waals surface area contributed by atoms with Gasteiger partial charge in [0.05, 0.1) is 4.90 Å². The molecule has 7 nitrogen and oxygen atoms in total. The molecular formula is C23H27N3O4S. The maximum absolute atomic E-state index is 12.7. The van der Waals surface area contributed by atoms with Crippen LogP contribution in [0.3, 0.4) is 0 Å². The second-order valence-corrected chi connectivity index (χ2v) is 9.92. The molecule has 0 radical (unpaired) electrons. The monoisotopic (exact) mass is 441 g/mol. The fourth-order valence-electron chi connectivity index (χ4n) is 4.17. The molecule has 0 bridgehead atoms. The van der Waals surface area contributed by atoms with Crippen molar-refractivity contribution >= 4 is 27.5 Å². The summed E-state index contributed by atoms with van der Waals surface area (Å²) in [6.45, 7) is 1.17. The number of carbonyl (C=O) groups excluding carboxylic acids is 2. The first kappa shape index (κ1) is 21.5. The summed E-state index contributed by atoms with van der Waals surface area (Å²) in [5, 5.41) is 2.88. The molecule has 0 saturated carbocycles. The molecule has 1 N–H and O–H groups in total. The molecule has 1 aliphatic heterocycles. The van der Waals surface area contributed by atoms with Gasteiger partial charge < -0.3 is 10.2 Å². The van der Waals surface area contributed by atoms with Crippen LogP contribution in [0.1, 0.15) is 30.4 Å². The molecule has 0 spiro atoms. The summed E-state index contributed by atoms with van der Waals surface area (Å²) in [7, 11) is -3.54. The molecule has 1 heterocycles. The number of benzene rings is 2. The smallest absolute Gasteiger partial charge is 0.243 e. The van der Waals surface area contributed by atoms with Gasteiger partial charge in [0.15, 0.2) is 0 Å². The first-order chi connectivity index (χ1) is 14.9. The largest absolute Gasteiger partial charge is 0.340 e. The van der Waals surface area contributed by atoms with Gasteiger partial charge in [0.1, 0.15) is 0 Å². The van der Waals surface area contributed by atoms with E-state index in [4.69, 9.17) is 0 Å². The second-order valence-electron chi connectivity index (χ2n) is 7.98. The number of piperazine rings is 1. The molecule has 164 valence electrons. The molecule has 2 aliphatic rings. The molecule has 1 aliphatic carbocycles. The summed E-state index contributed by atoms with van der Waals surface area (Å²) in [4.78, 5) is 26.7. The summed E-state index contributed by atoms with van der Waals surface area (Å²) >= 11 is 0. The summed E-state index contributed by atoms with van der Waals surface area (Å²) in [6, 6.07) is 14.3. The Balaban J connectivity index is 1.24. The molecule has 0 unspecified atom stereocenters. The highest BCUT2D eigenvalue weighted by Gasteiger charge is 2.30. The molecule has 0 aromatic heterocycles. The van der Waals surface area contributed by atoms with E-state index in [1.54, 1.807) is 35.2 Å². The lowest BCUT2D eigenvalue weighted by Crippen LogP contribution is -2.50. The Kier molecular flexibility index (Phi) is 6.38. The van der Waals surface area contributed by atoms with Crippen LogP contribution in [0, 0.1) is 0 Å². The molecule has 2 amide bonds. The lowest BCUT2D eigenvalue weighted by atomic mass is 10.1. The average Bonchev–Trinajstić information content (AvgIpc) is 3.26. The number of hydrogen-bond donors (Lipinski definition) is 1. The zero-order valence-corrected chi connectivity index (χ0v) is 18.2. The van der Waals surface area contributed by atoms with Crippen molar-refractivity contribution in [3.63, 3.8) is 0 Å². The molecule has 2 aromatic carbocycles. The zero-order valence-electron chi connectivity index (χ0n) is 17.4. The van der Waals surface area contributed by atoms with Crippen molar-refractivity contribution in [1.29, 1.82) is 0 Å². The Labute approximate surface area is 183 Å². The van der Waals surface area contributed by atoms with Gasteiger partial charge in [0, 0.05) is 44.7 Å². The van der Waals surface area contributed by atoms with Crippen LogP contribution >= 0.6 is 0 Å². The highest BCUT2D eigenvalue weighted by Crippen LogP contribution is 2.25. The minimum absolute atomic E-state index is 0.110. The lowest BCUT2D eigenvalue weighted by Gasteiger charge is -2.34. The highest BCUT2D eigenvalue weighted by molar-refractivity contribution is 7.89. The van der Waals surface area contributed by atoms with Crippen molar-refractivity contribution in [2.75, 3.05) is 31.5 Å². The van der Waals surface area contributed by atoms with Crippen molar-refractivity contribution < 1.29 is 18.0 Å². The number of anilines is 1. The first-order valence-corrected chi connectivity index (χ1v) is 12.1. The number of nitrogens with one attached hydrogen (secondary N) is 1. The van der Waals surface area contributed by atoms with Crippen molar-refractivity contribution in [1.82, 2.24) is 9.21 Å². The van der Waals surface area contributed by atoms with Crippen LogP contribution in [0.2, 0.25) is 0 Å². The average molecular weight is 442 g/mol. The van der Waals surface area contributed by atoms with Crippen LogP contribution in [-0.4, -0.2) is 55.6 Å². The summed E-state index contributed by atoms with van der Waals surface area (Å²) in [6.07, 6.45) is 3.52. The lowest BCUT2D eigenvalue weighted by molar-refractivity contribution is -0.133. The Bertz CT molecular complexity index is 1060. The van der Waals surface area contributed by atoms with Crippen LogP contribution in [0.5, 0.6) is 0 Å². The minimum atomic E-state index is -3.54. The molecule has 8 heteroatoms. The molecule has 1 saturated heterocycles. The normalized spacial score (nSPS) is 16.7. The van der Waals surface area contributed by atoms with Crippen molar-refractivity contribution in [2.24, 2.45) is 0 Å². The predicted octanol–water partition coefficient (Wildman–Crippen LogP) is 2.43. The van der Waals surface area contributed by atoms with E-state index in [0.29, 0.717) is 13.1 Å². The van der Waals surface area contributed by atoms with E-state index in [0.717, 1.165) is 24.9 Å². The van der Waals surface area contributed by atoms with Crippen molar-refractivity contribution in [2.45, 2.75) is 37.0 Å². The topological polar surface area (TPSA) is 86.8 Å². The van der Waals surface area contributed by atoms with Gasteiger partial charge >= 0.3 is 0 Å². The van der Waals surface area contributed by atoms with Crippen LogP contribution in [0.15, 0.2) is 53.4 Å². The van der Waals surface area contributed by atoms with Gasteiger partial charge in [-0.1, -0.05) is 24.3 Å². The minimum Gasteiger partial charge on any atom is -0.340 e. The van der Waals surface area contributed by atoms with Gasteiger partial charge in [-0.15, -0.1) is 0 Å². The predicted molar refractivity (Wildman–Crippen MR) is 118 cm³/mol. The van der Waals surface area contributed by atoms with Crippen LogP contribution in [0.25, 0.3) is 0 Å². The molecule has 31 heavy (non-hydrogen) atoms. The highest BCUT2D eigenvalue weighted by atomic mass is 32.2. The third kappa shape index (κ3) is 4.97. The van der Waals surface area contributed by atoms with E-state index in [-0.39, 0.29) is 42.6 Å². The molecular weight excluding hydrogens is 414 g/mol. The van der Waals surface area contributed by atoms with E-state index in [1.807, 2.05) is 12.1 Å². The fourth-order valence-corrected chi connectivity index (χ4v) is 5.61. The summed E-state index contributed by atoms with van der Waals surface area (Å²) in [5.74, 6) is -0.308. The number of hydrogen-bond acceptors (Lipinski definition) is 4. The number of sulfonamides is 1. The Morgan fingerprint density at radius 2 is 1.58 bits per heavy atom. The molecule has 2 aromatic rings. The number of aryl methyl sites for hydroxylation is 2.